The van der Waals surface area contributed by atoms with Crippen LogP contribution in [-0.2, 0) is 17.8 Å². The van der Waals surface area contributed by atoms with Crippen LogP contribution in [0.3, 0.4) is 0 Å². The fraction of sp³-hybridized carbons (Fsp3) is 0.333. The number of nitrogens with one attached hydrogen (secondary N) is 1. The van der Waals surface area contributed by atoms with Crippen LogP contribution in [0.25, 0.3) is 0 Å². The smallest absolute Gasteiger partial charge is 0.227 e. The van der Waals surface area contributed by atoms with Gasteiger partial charge < -0.3 is 5.32 Å². The van der Waals surface area contributed by atoms with Crippen LogP contribution in [0.4, 0.5) is 5.69 Å². The fourth-order valence-corrected chi connectivity index (χ4v) is 3.73. The number of rotatable bonds is 5. The van der Waals surface area contributed by atoms with Gasteiger partial charge in [-0.15, -0.1) is 0 Å². The number of hydrogen-bond donors (Lipinski definition) is 1. The Labute approximate surface area is 162 Å². The number of likely N-dealkylation sites (tertiary alicyclic amines) is 1. The Morgan fingerprint density at radius 2 is 1.88 bits per heavy atom. The molecule has 0 spiro atoms. The standard InChI is InChI=1S/C21H22BrN3O/c22-19-3-1-2-17(14-19)15-25-12-9-18(10-13-25)21(26)24-20-6-4-16(5-7-20)8-11-23/h1-7,14,18H,8-10,12-13,15H2,(H,24,26). The molecule has 0 unspecified atom stereocenters. The summed E-state index contributed by atoms with van der Waals surface area (Å²) < 4.78 is 1.10. The highest BCUT2D eigenvalue weighted by atomic mass is 79.9. The maximum atomic E-state index is 12.5. The molecule has 0 saturated carbocycles. The van der Waals surface area contributed by atoms with E-state index in [0.29, 0.717) is 6.42 Å². The number of hydrogen-bond acceptors (Lipinski definition) is 3. The number of carbonyl (C=O) groups is 1. The van der Waals surface area contributed by atoms with E-state index in [1.54, 1.807) is 0 Å². The minimum atomic E-state index is 0.0625. The summed E-state index contributed by atoms with van der Waals surface area (Å²) in [7, 11) is 0. The molecule has 1 N–H and O–H groups in total. The average Bonchev–Trinajstić information content (AvgIpc) is 2.64. The van der Waals surface area contributed by atoms with Crippen LogP contribution in [0, 0.1) is 17.2 Å². The van der Waals surface area contributed by atoms with E-state index in [9.17, 15) is 4.79 Å². The maximum absolute atomic E-state index is 12.5. The quantitative estimate of drug-likeness (QED) is 0.794. The first-order chi connectivity index (χ1) is 12.6. The monoisotopic (exact) mass is 411 g/mol. The van der Waals surface area contributed by atoms with Crippen LogP contribution in [0.5, 0.6) is 0 Å². The topological polar surface area (TPSA) is 56.1 Å². The van der Waals surface area contributed by atoms with E-state index >= 15 is 0 Å². The Kier molecular flexibility index (Phi) is 6.43. The molecule has 134 valence electrons. The summed E-state index contributed by atoms with van der Waals surface area (Å²) in [6, 6.07) is 18.0. The van der Waals surface area contributed by atoms with Gasteiger partial charge in [-0.1, -0.05) is 40.2 Å². The first kappa shape index (κ1) is 18.6. The molecule has 0 bridgehead atoms. The number of piperidine rings is 1. The molecule has 0 aliphatic carbocycles. The minimum absolute atomic E-state index is 0.0625. The van der Waals surface area contributed by atoms with Gasteiger partial charge in [-0.25, -0.2) is 0 Å². The summed E-state index contributed by atoms with van der Waals surface area (Å²) in [5.41, 5.74) is 3.05. The summed E-state index contributed by atoms with van der Waals surface area (Å²) in [5, 5.41) is 11.7. The second kappa shape index (κ2) is 8.98. The van der Waals surface area contributed by atoms with Crippen molar-refractivity contribution in [2.75, 3.05) is 18.4 Å². The van der Waals surface area contributed by atoms with Gasteiger partial charge in [-0.3, -0.25) is 9.69 Å². The Balaban J connectivity index is 1.48. The first-order valence-corrected chi connectivity index (χ1v) is 9.67. The van der Waals surface area contributed by atoms with Crippen molar-refractivity contribution < 1.29 is 4.79 Å². The molecule has 5 heteroatoms. The van der Waals surface area contributed by atoms with Gasteiger partial charge in [0.15, 0.2) is 0 Å². The normalized spacial score (nSPS) is 15.4. The summed E-state index contributed by atoms with van der Waals surface area (Å²) in [6.07, 6.45) is 2.16. The third-order valence-electron chi connectivity index (χ3n) is 4.76. The van der Waals surface area contributed by atoms with Crippen molar-refractivity contribution >= 4 is 27.5 Å². The van der Waals surface area contributed by atoms with Gasteiger partial charge >= 0.3 is 0 Å². The lowest BCUT2D eigenvalue weighted by molar-refractivity contribution is -0.121. The Hall–Kier alpha value is -2.16. The molecule has 1 aliphatic rings. The molecular formula is C21H22BrN3O. The molecular weight excluding hydrogens is 390 g/mol. The number of amides is 1. The lowest BCUT2D eigenvalue weighted by atomic mass is 9.95. The molecule has 2 aromatic rings. The number of nitrogens with zero attached hydrogens (tertiary/aromatic N) is 2. The molecule has 0 atom stereocenters. The van der Waals surface area contributed by atoms with Crippen LogP contribution < -0.4 is 5.32 Å². The van der Waals surface area contributed by atoms with E-state index < -0.39 is 0 Å². The zero-order chi connectivity index (χ0) is 18.4. The van der Waals surface area contributed by atoms with Gasteiger partial charge in [0, 0.05) is 22.6 Å². The van der Waals surface area contributed by atoms with E-state index in [4.69, 9.17) is 5.26 Å². The van der Waals surface area contributed by atoms with E-state index in [2.05, 4.69) is 50.4 Å². The molecule has 1 amide bonds. The van der Waals surface area contributed by atoms with E-state index in [1.165, 1.54) is 5.56 Å². The van der Waals surface area contributed by atoms with Gasteiger partial charge in [0.2, 0.25) is 5.91 Å². The Morgan fingerprint density at radius 3 is 2.54 bits per heavy atom. The van der Waals surface area contributed by atoms with Gasteiger partial charge in [-0.2, -0.15) is 5.26 Å². The van der Waals surface area contributed by atoms with Crippen LogP contribution >= 0.6 is 15.9 Å². The lowest BCUT2D eigenvalue weighted by Crippen LogP contribution is -2.37. The number of nitriles is 1. The highest BCUT2D eigenvalue weighted by Gasteiger charge is 2.25. The molecule has 2 aromatic carbocycles. The minimum Gasteiger partial charge on any atom is -0.326 e. The van der Waals surface area contributed by atoms with Crippen molar-refractivity contribution in [3.8, 4) is 6.07 Å². The van der Waals surface area contributed by atoms with Gasteiger partial charge in [-0.05, 0) is 61.3 Å². The van der Waals surface area contributed by atoms with Crippen molar-refractivity contribution in [3.05, 3.63) is 64.1 Å². The number of benzene rings is 2. The molecule has 1 fully saturated rings. The third kappa shape index (κ3) is 5.17. The molecule has 26 heavy (non-hydrogen) atoms. The zero-order valence-electron chi connectivity index (χ0n) is 14.6. The van der Waals surface area contributed by atoms with Gasteiger partial charge in [0.05, 0.1) is 12.5 Å². The second-order valence-electron chi connectivity index (χ2n) is 6.70. The van der Waals surface area contributed by atoms with Crippen molar-refractivity contribution in [3.63, 3.8) is 0 Å². The third-order valence-corrected chi connectivity index (χ3v) is 5.25. The fourth-order valence-electron chi connectivity index (χ4n) is 3.29. The zero-order valence-corrected chi connectivity index (χ0v) is 16.2. The average molecular weight is 412 g/mol. The summed E-state index contributed by atoms with van der Waals surface area (Å²) >= 11 is 3.51. The van der Waals surface area contributed by atoms with Crippen molar-refractivity contribution in [1.82, 2.24) is 4.90 Å². The maximum Gasteiger partial charge on any atom is 0.227 e. The lowest BCUT2D eigenvalue weighted by Gasteiger charge is -2.31. The first-order valence-electron chi connectivity index (χ1n) is 8.87. The Morgan fingerprint density at radius 1 is 1.15 bits per heavy atom. The van der Waals surface area contributed by atoms with Crippen LogP contribution in [0.2, 0.25) is 0 Å². The highest BCUT2D eigenvalue weighted by molar-refractivity contribution is 9.10. The number of halogens is 1. The largest absolute Gasteiger partial charge is 0.326 e. The summed E-state index contributed by atoms with van der Waals surface area (Å²) in [6.45, 7) is 2.80. The summed E-state index contributed by atoms with van der Waals surface area (Å²) in [4.78, 5) is 14.9. The van der Waals surface area contributed by atoms with Crippen molar-refractivity contribution in [2.24, 2.45) is 5.92 Å². The summed E-state index contributed by atoms with van der Waals surface area (Å²) in [5.74, 6) is 0.160. The molecule has 4 nitrogen and oxygen atoms in total. The van der Waals surface area contributed by atoms with Crippen LogP contribution in [0.15, 0.2) is 53.0 Å². The molecule has 1 heterocycles. The van der Waals surface area contributed by atoms with E-state index in [1.807, 2.05) is 30.3 Å². The van der Waals surface area contributed by atoms with Gasteiger partial charge in [0.1, 0.15) is 0 Å². The molecule has 1 aliphatic heterocycles. The predicted octanol–water partition coefficient (Wildman–Crippen LogP) is 4.37. The second-order valence-corrected chi connectivity index (χ2v) is 7.62. The number of anilines is 1. The predicted molar refractivity (Wildman–Crippen MR) is 107 cm³/mol. The van der Waals surface area contributed by atoms with Crippen LogP contribution in [0.1, 0.15) is 24.0 Å². The van der Waals surface area contributed by atoms with Crippen molar-refractivity contribution in [2.45, 2.75) is 25.8 Å². The molecule has 0 radical (unpaired) electrons. The van der Waals surface area contributed by atoms with Crippen molar-refractivity contribution in [1.29, 1.82) is 5.26 Å². The van der Waals surface area contributed by atoms with E-state index in [0.717, 1.165) is 48.2 Å². The SMILES string of the molecule is N#CCc1ccc(NC(=O)C2CCN(Cc3cccc(Br)c3)CC2)cc1. The molecule has 1 saturated heterocycles. The van der Waals surface area contributed by atoms with Gasteiger partial charge in [0.25, 0.3) is 0 Å². The molecule has 0 aromatic heterocycles. The Bertz CT molecular complexity index is 790. The molecule has 3 rings (SSSR count). The highest BCUT2D eigenvalue weighted by Crippen LogP contribution is 2.22. The van der Waals surface area contributed by atoms with Crippen LogP contribution in [-0.4, -0.2) is 23.9 Å². The number of carbonyl (C=O) groups excluding carboxylic acids is 1. The van der Waals surface area contributed by atoms with E-state index in [-0.39, 0.29) is 11.8 Å².